The SMILES string of the molecule is COc1cc(OC)c(CNC(=O)C2(C#N)CCCC2)c(OC)c1. The number of hydrogen-bond acceptors (Lipinski definition) is 5. The summed E-state index contributed by atoms with van der Waals surface area (Å²) in [6, 6.07) is 5.67. The van der Waals surface area contributed by atoms with Crippen LogP contribution in [0.15, 0.2) is 12.1 Å². The predicted molar refractivity (Wildman–Crippen MR) is 84.5 cm³/mol. The zero-order valence-corrected chi connectivity index (χ0v) is 13.8. The van der Waals surface area contributed by atoms with Crippen LogP contribution in [0.4, 0.5) is 0 Å². The lowest BCUT2D eigenvalue weighted by atomic mass is 9.87. The van der Waals surface area contributed by atoms with Gasteiger partial charge in [-0.15, -0.1) is 0 Å². The van der Waals surface area contributed by atoms with E-state index in [-0.39, 0.29) is 12.5 Å². The van der Waals surface area contributed by atoms with Crippen molar-refractivity contribution in [3.63, 3.8) is 0 Å². The van der Waals surface area contributed by atoms with Gasteiger partial charge in [-0.25, -0.2) is 0 Å². The Kier molecular flexibility index (Phi) is 5.32. The first-order valence-corrected chi connectivity index (χ1v) is 7.58. The van der Waals surface area contributed by atoms with Crippen LogP contribution in [0.1, 0.15) is 31.2 Å². The first-order chi connectivity index (χ1) is 11.1. The van der Waals surface area contributed by atoms with Gasteiger partial charge in [-0.2, -0.15) is 5.26 Å². The number of rotatable bonds is 6. The van der Waals surface area contributed by atoms with Gasteiger partial charge >= 0.3 is 0 Å². The average molecular weight is 318 g/mol. The van der Waals surface area contributed by atoms with Gasteiger partial charge in [0, 0.05) is 12.1 Å². The second kappa shape index (κ2) is 7.23. The third kappa shape index (κ3) is 3.34. The maximum atomic E-state index is 12.5. The van der Waals surface area contributed by atoms with Crippen LogP contribution in [0, 0.1) is 16.7 Å². The van der Waals surface area contributed by atoms with E-state index in [1.54, 1.807) is 33.5 Å². The third-order valence-corrected chi connectivity index (χ3v) is 4.35. The summed E-state index contributed by atoms with van der Waals surface area (Å²) < 4.78 is 15.9. The van der Waals surface area contributed by atoms with E-state index >= 15 is 0 Å². The van der Waals surface area contributed by atoms with E-state index < -0.39 is 5.41 Å². The molecule has 0 aromatic heterocycles. The number of benzene rings is 1. The lowest BCUT2D eigenvalue weighted by Crippen LogP contribution is -2.37. The van der Waals surface area contributed by atoms with Gasteiger partial charge < -0.3 is 19.5 Å². The number of nitrogens with one attached hydrogen (secondary N) is 1. The maximum absolute atomic E-state index is 12.5. The van der Waals surface area contributed by atoms with Gasteiger partial charge in [0.1, 0.15) is 22.7 Å². The second-order valence-electron chi connectivity index (χ2n) is 5.59. The number of amides is 1. The Morgan fingerprint density at radius 1 is 1.17 bits per heavy atom. The minimum Gasteiger partial charge on any atom is -0.496 e. The molecule has 1 aliphatic carbocycles. The summed E-state index contributed by atoms with van der Waals surface area (Å²) in [6.45, 7) is 0.235. The zero-order chi connectivity index (χ0) is 16.9. The van der Waals surface area contributed by atoms with Crippen molar-refractivity contribution in [3.05, 3.63) is 17.7 Å². The second-order valence-corrected chi connectivity index (χ2v) is 5.59. The van der Waals surface area contributed by atoms with E-state index in [0.29, 0.717) is 30.1 Å². The summed E-state index contributed by atoms with van der Waals surface area (Å²) >= 11 is 0. The first-order valence-electron chi connectivity index (χ1n) is 7.58. The number of ether oxygens (including phenoxy) is 3. The Bertz CT molecular complexity index is 591. The quantitative estimate of drug-likeness (QED) is 0.871. The maximum Gasteiger partial charge on any atom is 0.240 e. The van der Waals surface area contributed by atoms with Crippen molar-refractivity contribution in [2.75, 3.05) is 21.3 Å². The Balaban J connectivity index is 2.20. The van der Waals surface area contributed by atoms with Crippen LogP contribution < -0.4 is 19.5 Å². The van der Waals surface area contributed by atoms with Crippen LogP contribution in [-0.2, 0) is 11.3 Å². The van der Waals surface area contributed by atoms with Crippen molar-refractivity contribution in [2.24, 2.45) is 5.41 Å². The molecule has 1 amide bonds. The molecule has 0 heterocycles. The summed E-state index contributed by atoms with van der Waals surface area (Å²) in [5.74, 6) is 1.52. The number of carbonyl (C=O) groups is 1. The van der Waals surface area contributed by atoms with Crippen molar-refractivity contribution >= 4 is 5.91 Å². The molecule has 0 atom stereocenters. The zero-order valence-electron chi connectivity index (χ0n) is 13.8. The molecule has 124 valence electrons. The highest BCUT2D eigenvalue weighted by molar-refractivity contribution is 5.85. The molecule has 2 rings (SSSR count). The normalized spacial score (nSPS) is 15.6. The van der Waals surface area contributed by atoms with Crippen molar-refractivity contribution in [3.8, 4) is 23.3 Å². The Hall–Kier alpha value is -2.42. The number of hydrogen-bond donors (Lipinski definition) is 1. The highest BCUT2D eigenvalue weighted by atomic mass is 16.5. The fraction of sp³-hybridized carbons (Fsp3) is 0.529. The number of carbonyl (C=O) groups excluding carboxylic acids is 1. The molecule has 0 radical (unpaired) electrons. The largest absolute Gasteiger partial charge is 0.496 e. The highest BCUT2D eigenvalue weighted by Gasteiger charge is 2.41. The first kappa shape index (κ1) is 16.9. The van der Waals surface area contributed by atoms with Gasteiger partial charge in [0.05, 0.1) is 39.5 Å². The van der Waals surface area contributed by atoms with Crippen molar-refractivity contribution in [1.82, 2.24) is 5.32 Å². The van der Waals surface area contributed by atoms with Gasteiger partial charge in [0.25, 0.3) is 0 Å². The molecule has 1 aromatic rings. The topological polar surface area (TPSA) is 80.6 Å². The molecule has 1 aromatic carbocycles. The van der Waals surface area contributed by atoms with Crippen LogP contribution in [0.3, 0.4) is 0 Å². The molecule has 1 fully saturated rings. The molecule has 6 nitrogen and oxygen atoms in total. The lowest BCUT2D eigenvalue weighted by Gasteiger charge is -2.21. The van der Waals surface area contributed by atoms with Crippen molar-refractivity contribution < 1.29 is 19.0 Å². The molecular formula is C17H22N2O4. The average Bonchev–Trinajstić information content (AvgIpc) is 3.09. The Labute approximate surface area is 136 Å². The third-order valence-electron chi connectivity index (χ3n) is 4.35. The van der Waals surface area contributed by atoms with Gasteiger partial charge in [-0.3, -0.25) is 4.79 Å². The van der Waals surface area contributed by atoms with E-state index in [4.69, 9.17) is 14.2 Å². The molecule has 0 spiro atoms. The monoisotopic (exact) mass is 318 g/mol. The molecule has 0 aliphatic heterocycles. The molecule has 6 heteroatoms. The van der Waals surface area contributed by atoms with Gasteiger partial charge in [-0.1, -0.05) is 12.8 Å². The smallest absolute Gasteiger partial charge is 0.240 e. The summed E-state index contributed by atoms with van der Waals surface area (Å²) in [5, 5.41) is 12.2. The van der Waals surface area contributed by atoms with E-state index in [9.17, 15) is 10.1 Å². The minimum absolute atomic E-state index is 0.225. The van der Waals surface area contributed by atoms with Crippen molar-refractivity contribution in [1.29, 1.82) is 5.26 Å². The summed E-state index contributed by atoms with van der Waals surface area (Å²) in [7, 11) is 4.66. The van der Waals surface area contributed by atoms with Crippen molar-refractivity contribution in [2.45, 2.75) is 32.2 Å². The molecular weight excluding hydrogens is 296 g/mol. The number of methoxy groups -OCH3 is 3. The predicted octanol–water partition coefficient (Wildman–Crippen LogP) is 2.41. The van der Waals surface area contributed by atoms with Gasteiger partial charge in [0.2, 0.25) is 5.91 Å². The Morgan fingerprint density at radius 3 is 2.17 bits per heavy atom. The molecule has 23 heavy (non-hydrogen) atoms. The highest BCUT2D eigenvalue weighted by Crippen LogP contribution is 2.38. The van der Waals surface area contributed by atoms with Gasteiger partial charge in [0.15, 0.2) is 0 Å². The van der Waals surface area contributed by atoms with E-state index in [1.165, 1.54) is 0 Å². The number of nitriles is 1. The van der Waals surface area contributed by atoms with Crippen LogP contribution in [-0.4, -0.2) is 27.2 Å². The summed E-state index contributed by atoms with van der Waals surface area (Å²) in [6.07, 6.45) is 3.06. The minimum atomic E-state index is -0.896. The summed E-state index contributed by atoms with van der Waals surface area (Å²) in [5.41, 5.74) is -0.178. The van der Waals surface area contributed by atoms with Crippen LogP contribution in [0.5, 0.6) is 17.2 Å². The number of nitrogens with zero attached hydrogens (tertiary/aromatic N) is 1. The molecule has 0 unspecified atom stereocenters. The molecule has 0 saturated heterocycles. The summed E-state index contributed by atoms with van der Waals surface area (Å²) in [4.78, 5) is 12.5. The lowest BCUT2D eigenvalue weighted by molar-refractivity contribution is -0.128. The fourth-order valence-corrected chi connectivity index (χ4v) is 2.96. The van der Waals surface area contributed by atoms with Crippen LogP contribution in [0.25, 0.3) is 0 Å². The van der Waals surface area contributed by atoms with Crippen LogP contribution in [0.2, 0.25) is 0 Å². The molecule has 1 N–H and O–H groups in total. The standard InChI is InChI=1S/C17H22N2O4/c1-21-12-8-14(22-2)13(15(9-12)23-3)10-19-16(20)17(11-18)6-4-5-7-17/h8-9H,4-7,10H2,1-3H3,(H,19,20). The van der Waals surface area contributed by atoms with E-state index in [0.717, 1.165) is 18.4 Å². The van der Waals surface area contributed by atoms with E-state index in [2.05, 4.69) is 11.4 Å². The fourth-order valence-electron chi connectivity index (χ4n) is 2.96. The molecule has 0 bridgehead atoms. The Morgan fingerprint density at radius 2 is 1.74 bits per heavy atom. The van der Waals surface area contributed by atoms with Gasteiger partial charge in [-0.05, 0) is 12.8 Å². The molecule has 1 aliphatic rings. The van der Waals surface area contributed by atoms with E-state index in [1.807, 2.05) is 0 Å². The molecule has 1 saturated carbocycles. The van der Waals surface area contributed by atoms with Crippen LogP contribution >= 0.6 is 0 Å².